The van der Waals surface area contributed by atoms with Crippen molar-refractivity contribution in [1.29, 1.82) is 0 Å². The monoisotopic (exact) mass is 246 g/mol. The second-order valence-corrected chi connectivity index (χ2v) is 3.39. The molecule has 69 valence electrons. The molecule has 0 heterocycles. The predicted molar refractivity (Wildman–Crippen MR) is 45.6 cm³/mol. The maximum atomic E-state index is 10.5. The van der Waals surface area contributed by atoms with E-state index in [0.717, 1.165) is 6.42 Å². The first-order chi connectivity index (χ1) is 4.98. The summed E-state index contributed by atoms with van der Waals surface area (Å²) in [6.07, 6.45) is 0.878. The van der Waals surface area contributed by atoms with E-state index < -0.39 is 0 Å². The number of nitrogens with two attached hydrogens (primary N) is 1. The largest absolute Gasteiger partial charge is 0.483 e. The van der Waals surface area contributed by atoms with Crippen molar-refractivity contribution in [3.8, 4) is 0 Å². The number of hydrogen-bond acceptors (Lipinski definition) is 2. The van der Waals surface area contributed by atoms with Crippen molar-refractivity contribution in [3.05, 3.63) is 6.54 Å². The van der Waals surface area contributed by atoms with E-state index in [1.807, 2.05) is 13.8 Å². The number of amides is 1. The minimum Gasteiger partial charge on any atom is -0.483 e. The summed E-state index contributed by atoms with van der Waals surface area (Å²) in [4.78, 5) is 10.5. The van der Waals surface area contributed by atoms with Crippen molar-refractivity contribution in [2.24, 2.45) is 11.1 Å². The summed E-state index contributed by atoms with van der Waals surface area (Å²) < 4.78 is 0. The van der Waals surface area contributed by atoms with Gasteiger partial charge >= 0.3 is 0 Å². The molecule has 0 aliphatic rings. The molecule has 0 saturated carbocycles. The molecule has 0 rings (SSSR count). The van der Waals surface area contributed by atoms with Crippen molar-refractivity contribution < 1.29 is 37.5 Å². The Kier molecular flexibility index (Phi) is 8.75. The second kappa shape index (κ2) is 6.99. The Labute approximate surface area is 99.7 Å². The fraction of sp³-hybridized carbons (Fsp3) is 0.750. The van der Waals surface area contributed by atoms with Crippen LogP contribution in [0.15, 0.2) is 0 Å². The summed E-state index contributed by atoms with van der Waals surface area (Å²) in [5, 5.41) is 2.72. The molecule has 12 heavy (non-hydrogen) atoms. The first kappa shape index (κ1) is 15.0. The van der Waals surface area contributed by atoms with Crippen LogP contribution in [0.5, 0.6) is 0 Å². The molecule has 0 spiro atoms. The zero-order valence-corrected chi connectivity index (χ0v) is 10.9. The van der Waals surface area contributed by atoms with Gasteiger partial charge in [-0.25, -0.2) is 0 Å². The summed E-state index contributed by atoms with van der Waals surface area (Å²) in [7, 11) is 0. The number of hydrogen-bond donors (Lipinski definition) is 2. The van der Waals surface area contributed by atoms with Gasteiger partial charge in [0.2, 0.25) is 5.91 Å². The minimum absolute atomic E-state index is 0. The standard InChI is InChI=1S/C8H17N2O.Y/c1-7(11)10-5-4-8(2,3)6-9;/h6H,4-5,9H2,1-3H3,(H,10,11);/q-1;. The molecule has 0 aliphatic carbocycles. The molecule has 0 aromatic carbocycles. The van der Waals surface area contributed by atoms with Crippen molar-refractivity contribution >= 4 is 5.91 Å². The van der Waals surface area contributed by atoms with Crippen LogP contribution in [0.3, 0.4) is 0 Å². The van der Waals surface area contributed by atoms with Gasteiger partial charge in [0.15, 0.2) is 0 Å². The number of carbonyl (C=O) groups is 1. The molecular weight excluding hydrogens is 229 g/mol. The van der Waals surface area contributed by atoms with Gasteiger partial charge in [0.1, 0.15) is 0 Å². The Morgan fingerprint density at radius 3 is 2.42 bits per heavy atom. The maximum absolute atomic E-state index is 10.5. The van der Waals surface area contributed by atoms with E-state index in [0.29, 0.717) is 6.54 Å². The molecule has 3 nitrogen and oxygen atoms in total. The predicted octanol–water partition coefficient (Wildman–Crippen LogP) is 0.657. The van der Waals surface area contributed by atoms with Gasteiger partial charge in [-0.2, -0.15) is 0 Å². The van der Waals surface area contributed by atoms with Crippen molar-refractivity contribution in [3.63, 3.8) is 0 Å². The Hall–Kier alpha value is 0.534. The van der Waals surface area contributed by atoms with Crippen LogP contribution >= 0.6 is 0 Å². The van der Waals surface area contributed by atoms with Gasteiger partial charge in [-0.05, 0) is 0 Å². The van der Waals surface area contributed by atoms with E-state index >= 15 is 0 Å². The van der Waals surface area contributed by atoms with Gasteiger partial charge in [-0.15, -0.1) is 5.41 Å². The quantitative estimate of drug-likeness (QED) is 0.716. The van der Waals surface area contributed by atoms with Gasteiger partial charge < -0.3 is 11.1 Å². The third-order valence-corrected chi connectivity index (χ3v) is 1.59. The summed E-state index contributed by atoms with van der Waals surface area (Å²) >= 11 is 0. The third-order valence-electron chi connectivity index (χ3n) is 1.59. The number of nitrogens with one attached hydrogen (secondary N) is 1. The van der Waals surface area contributed by atoms with Crippen molar-refractivity contribution in [2.45, 2.75) is 27.2 Å². The molecule has 0 aliphatic heterocycles. The molecule has 4 heteroatoms. The number of carbonyl (C=O) groups excluding carboxylic acids is 1. The van der Waals surface area contributed by atoms with Crippen LogP contribution in [0.1, 0.15) is 27.2 Å². The molecule has 1 amide bonds. The minimum atomic E-state index is 0. The van der Waals surface area contributed by atoms with Gasteiger partial charge in [-0.3, -0.25) is 11.3 Å². The average Bonchev–Trinajstić information content (AvgIpc) is 1.87. The molecule has 1 radical (unpaired) electrons. The molecule has 3 N–H and O–H groups in total. The van der Waals surface area contributed by atoms with Gasteiger partial charge in [0.05, 0.1) is 0 Å². The van der Waals surface area contributed by atoms with E-state index in [-0.39, 0.29) is 44.0 Å². The zero-order valence-electron chi connectivity index (χ0n) is 8.05. The van der Waals surface area contributed by atoms with Crippen LogP contribution < -0.4 is 11.1 Å². The van der Waals surface area contributed by atoms with Gasteiger partial charge in [-0.1, -0.05) is 20.3 Å². The molecule has 0 fully saturated rings. The third kappa shape index (κ3) is 8.63. The Morgan fingerprint density at radius 1 is 1.58 bits per heavy atom. The van der Waals surface area contributed by atoms with E-state index in [4.69, 9.17) is 5.73 Å². The van der Waals surface area contributed by atoms with E-state index in [9.17, 15) is 4.79 Å². The van der Waals surface area contributed by atoms with Gasteiger partial charge in [0, 0.05) is 46.2 Å². The molecule has 0 bridgehead atoms. The molecule has 0 atom stereocenters. The topological polar surface area (TPSA) is 55.1 Å². The van der Waals surface area contributed by atoms with Crippen LogP contribution in [0, 0.1) is 12.0 Å². The first-order valence-electron chi connectivity index (χ1n) is 3.78. The Morgan fingerprint density at radius 2 is 2.08 bits per heavy atom. The van der Waals surface area contributed by atoms with Gasteiger partial charge in [0.25, 0.3) is 0 Å². The normalized spacial score (nSPS) is 10.3. The fourth-order valence-electron chi connectivity index (χ4n) is 0.644. The summed E-state index contributed by atoms with van der Waals surface area (Å²) in [6, 6.07) is 0. The maximum Gasteiger partial charge on any atom is 0.216 e. The van der Waals surface area contributed by atoms with Crippen LogP contribution in [0.2, 0.25) is 0 Å². The summed E-state index contributed by atoms with van der Waals surface area (Å²) in [5.74, 6) is 0.0119. The second-order valence-electron chi connectivity index (χ2n) is 3.39. The van der Waals surface area contributed by atoms with Crippen LogP contribution in [-0.2, 0) is 37.5 Å². The van der Waals surface area contributed by atoms with Crippen molar-refractivity contribution in [1.82, 2.24) is 5.32 Å². The van der Waals surface area contributed by atoms with E-state index in [1.54, 1.807) is 6.54 Å². The molecular formula is C8H17N2OY-. The van der Waals surface area contributed by atoms with Crippen LogP contribution in [0.4, 0.5) is 0 Å². The average molecular weight is 246 g/mol. The molecule has 0 unspecified atom stereocenters. The van der Waals surface area contributed by atoms with E-state index in [2.05, 4.69) is 5.32 Å². The zero-order chi connectivity index (χ0) is 8.91. The fourth-order valence-corrected chi connectivity index (χ4v) is 0.644. The SMILES string of the molecule is CC(=O)NCCC(C)(C)[CH-]N.[Y]. The first-order valence-corrected chi connectivity index (χ1v) is 3.78. The molecule has 0 aromatic rings. The molecule has 0 saturated heterocycles. The molecule has 0 aromatic heterocycles. The smallest absolute Gasteiger partial charge is 0.216 e. The Bertz CT molecular complexity index is 137. The summed E-state index contributed by atoms with van der Waals surface area (Å²) in [6.45, 7) is 7.94. The van der Waals surface area contributed by atoms with Crippen LogP contribution in [0.25, 0.3) is 0 Å². The van der Waals surface area contributed by atoms with Crippen LogP contribution in [-0.4, -0.2) is 12.5 Å². The summed E-state index contributed by atoms with van der Waals surface area (Å²) in [5.41, 5.74) is 5.40. The van der Waals surface area contributed by atoms with E-state index in [1.165, 1.54) is 6.92 Å². The van der Waals surface area contributed by atoms with Crippen molar-refractivity contribution in [2.75, 3.05) is 6.54 Å². The Balaban J connectivity index is 0. The number of rotatable bonds is 4.